The number of hydrazone groups is 1. The van der Waals surface area contributed by atoms with Crippen LogP contribution in [-0.4, -0.2) is 38.2 Å². The van der Waals surface area contributed by atoms with Gasteiger partial charge in [0.15, 0.2) is 11.5 Å². The van der Waals surface area contributed by atoms with Gasteiger partial charge in [0.1, 0.15) is 0 Å². The number of carbonyl (C=O) groups excluding carboxylic acids is 1. The smallest absolute Gasteiger partial charge is 0.255 e. The highest BCUT2D eigenvalue weighted by Crippen LogP contribution is 2.32. The van der Waals surface area contributed by atoms with Crippen LogP contribution in [0.25, 0.3) is 0 Å². The summed E-state index contributed by atoms with van der Waals surface area (Å²) >= 11 is 9.54. The van der Waals surface area contributed by atoms with E-state index in [-0.39, 0.29) is 18.2 Å². The topological polar surface area (TPSA) is 97.3 Å². The molecule has 0 unspecified atom stereocenters. The number of carbonyl (C=O) groups is 1. The van der Waals surface area contributed by atoms with Gasteiger partial charge in [0.25, 0.3) is 5.91 Å². The summed E-state index contributed by atoms with van der Waals surface area (Å²) in [6, 6.07) is 18.3. The predicted molar refractivity (Wildman–Crippen MR) is 131 cm³/mol. The van der Waals surface area contributed by atoms with E-state index in [1.807, 2.05) is 0 Å². The van der Waals surface area contributed by atoms with Gasteiger partial charge >= 0.3 is 0 Å². The average molecular weight is 565 g/mol. The molecule has 0 atom stereocenters. The van der Waals surface area contributed by atoms with Gasteiger partial charge in [-0.2, -0.15) is 9.41 Å². The molecule has 4 rings (SSSR count). The Labute approximate surface area is 210 Å². The van der Waals surface area contributed by atoms with Gasteiger partial charge in [-0.3, -0.25) is 4.79 Å². The second-order valence-electron chi connectivity index (χ2n) is 7.22. The normalized spacial score (nSPS) is 12.9. The molecule has 0 spiro atoms. The fourth-order valence-corrected chi connectivity index (χ4v) is 5.00. The molecule has 0 saturated heterocycles. The maximum atomic E-state index is 13.3. The lowest BCUT2D eigenvalue weighted by atomic mass is 10.2. The van der Waals surface area contributed by atoms with Gasteiger partial charge in [0.05, 0.1) is 17.7 Å². The molecule has 0 fully saturated rings. The summed E-state index contributed by atoms with van der Waals surface area (Å²) in [5.74, 6) is 0.612. The van der Waals surface area contributed by atoms with Gasteiger partial charge in [0.2, 0.25) is 16.8 Å². The van der Waals surface area contributed by atoms with Crippen molar-refractivity contribution in [2.45, 2.75) is 11.4 Å². The summed E-state index contributed by atoms with van der Waals surface area (Å²) in [7, 11) is -4.00. The summed E-state index contributed by atoms with van der Waals surface area (Å²) in [6.07, 6.45) is 1.43. The number of halogens is 2. The molecule has 1 N–H and O–H groups in total. The van der Waals surface area contributed by atoms with Gasteiger partial charge in [-0.1, -0.05) is 45.7 Å². The summed E-state index contributed by atoms with van der Waals surface area (Å²) < 4.78 is 39.0. The Hall–Kier alpha value is -2.92. The average Bonchev–Trinajstić information content (AvgIpc) is 3.28. The standard InChI is InChI=1S/C23H19BrClN3O5S/c24-18-6-8-19(9-7-18)34(30,31)28(13-17-3-1-2-4-20(17)25)14-23(29)27-26-12-16-5-10-21-22(11-16)33-15-32-21/h1-12H,13-15H2,(H,27,29)/b26-12+. The Balaban J connectivity index is 1.50. The van der Waals surface area contributed by atoms with Crippen LogP contribution >= 0.6 is 27.5 Å². The van der Waals surface area contributed by atoms with Crippen LogP contribution in [-0.2, 0) is 21.4 Å². The number of rotatable bonds is 8. The molecular formula is C23H19BrClN3O5S. The van der Waals surface area contributed by atoms with Crippen molar-refractivity contribution in [1.82, 2.24) is 9.73 Å². The lowest BCUT2D eigenvalue weighted by molar-refractivity contribution is -0.121. The minimum Gasteiger partial charge on any atom is -0.454 e. The second kappa shape index (κ2) is 10.6. The molecule has 1 aliphatic rings. The van der Waals surface area contributed by atoms with Crippen LogP contribution in [0, 0.1) is 0 Å². The van der Waals surface area contributed by atoms with E-state index in [4.69, 9.17) is 21.1 Å². The lowest BCUT2D eigenvalue weighted by Gasteiger charge is -2.22. The summed E-state index contributed by atoms with van der Waals surface area (Å²) in [6.45, 7) is -0.389. The third-order valence-corrected chi connectivity index (χ3v) is 7.58. The zero-order chi connectivity index (χ0) is 24.1. The summed E-state index contributed by atoms with van der Waals surface area (Å²) in [5, 5.41) is 4.34. The fourth-order valence-electron chi connectivity index (χ4n) is 3.17. The van der Waals surface area contributed by atoms with Gasteiger partial charge in [-0.15, -0.1) is 0 Å². The van der Waals surface area contributed by atoms with Crippen LogP contribution in [0.4, 0.5) is 0 Å². The minimum absolute atomic E-state index is 0.0550. The zero-order valence-electron chi connectivity index (χ0n) is 17.6. The van der Waals surface area contributed by atoms with E-state index >= 15 is 0 Å². The first-order valence-electron chi connectivity index (χ1n) is 10.0. The molecule has 0 aliphatic carbocycles. The molecule has 0 radical (unpaired) electrons. The Kier molecular flexibility index (Phi) is 7.52. The van der Waals surface area contributed by atoms with Crippen LogP contribution in [0.3, 0.4) is 0 Å². The van der Waals surface area contributed by atoms with Crippen molar-refractivity contribution >= 4 is 49.7 Å². The molecule has 3 aromatic carbocycles. The molecular weight excluding hydrogens is 546 g/mol. The number of hydrogen-bond acceptors (Lipinski definition) is 6. The molecule has 176 valence electrons. The molecule has 1 heterocycles. The van der Waals surface area contributed by atoms with E-state index in [0.717, 1.165) is 8.78 Å². The lowest BCUT2D eigenvalue weighted by Crippen LogP contribution is -2.39. The fraction of sp³-hybridized carbons (Fsp3) is 0.130. The number of benzene rings is 3. The van der Waals surface area contributed by atoms with E-state index in [1.54, 1.807) is 54.6 Å². The SMILES string of the molecule is O=C(CN(Cc1ccccc1Cl)S(=O)(=O)c1ccc(Br)cc1)N/N=C/c1ccc2c(c1)OCO2. The molecule has 3 aromatic rings. The van der Waals surface area contributed by atoms with Crippen molar-refractivity contribution in [3.63, 3.8) is 0 Å². The van der Waals surface area contributed by atoms with Crippen LogP contribution in [0.5, 0.6) is 11.5 Å². The molecule has 8 nitrogen and oxygen atoms in total. The van der Waals surface area contributed by atoms with E-state index in [1.165, 1.54) is 18.3 Å². The van der Waals surface area contributed by atoms with Crippen molar-refractivity contribution in [3.05, 3.63) is 87.4 Å². The highest BCUT2D eigenvalue weighted by molar-refractivity contribution is 9.10. The van der Waals surface area contributed by atoms with E-state index in [2.05, 4.69) is 26.5 Å². The van der Waals surface area contributed by atoms with Gasteiger partial charge in [-0.25, -0.2) is 13.8 Å². The monoisotopic (exact) mass is 563 g/mol. The van der Waals surface area contributed by atoms with Crippen molar-refractivity contribution in [1.29, 1.82) is 0 Å². The van der Waals surface area contributed by atoms with Crippen molar-refractivity contribution < 1.29 is 22.7 Å². The summed E-state index contributed by atoms with van der Waals surface area (Å²) in [4.78, 5) is 12.7. The molecule has 1 amide bonds. The van der Waals surface area contributed by atoms with Crippen LogP contribution in [0.15, 0.2) is 81.2 Å². The van der Waals surface area contributed by atoms with Crippen LogP contribution < -0.4 is 14.9 Å². The number of nitrogens with zero attached hydrogens (tertiary/aromatic N) is 2. The van der Waals surface area contributed by atoms with Crippen LogP contribution in [0.2, 0.25) is 5.02 Å². The molecule has 0 bridgehead atoms. The van der Waals surface area contributed by atoms with Gasteiger partial charge < -0.3 is 9.47 Å². The van der Waals surface area contributed by atoms with Crippen LogP contribution in [0.1, 0.15) is 11.1 Å². The Morgan fingerprint density at radius 2 is 1.82 bits per heavy atom. The Morgan fingerprint density at radius 1 is 1.09 bits per heavy atom. The third-order valence-electron chi connectivity index (χ3n) is 4.88. The zero-order valence-corrected chi connectivity index (χ0v) is 20.8. The second-order valence-corrected chi connectivity index (χ2v) is 10.5. The maximum Gasteiger partial charge on any atom is 0.255 e. The molecule has 0 saturated carbocycles. The number of sulfonamides is 1. The molecule has 11 heteroatoms. The third kappa shape index (κ3) is 5.76. The first-order valence-corrected chi connectivity index (χ1v) is 12.6. The van der Waals surface area contributed by atoms with E-state index in [9.17, 15) is 13.2 Å². The number of hydrogen-bond donors (Lipinski definition) is 1. The minimum atomic E-state index is -4.00. The van der Waals surface area contributed by atoms with Crippen molar-refractivity contribution in [2.24, 2.45) is 5.10 Å². The highest BCUT2D eigenvalue weighted by atomic mass is 79.9. The number of nitrogens with one attached hydrogen (secondary N) is 1. The van der Waals surface area contributed by atoms with Gasteiger partial charge in [0, 0.05) is 16.0 Å². The van der Waals surface area contributed by atoms with Crippen molar-refractivity contribution in [2.75, 3.05) is 13.3 Å². The number of fused-ring (bicyclic) bond motifs is 1. The van der Waals surface area contributed by atoms with Crippen molar-refractivity contribution in [3.8, 4) is 11.5 Å². The Morgan fingerprint density at radius 3 is 2.59 bits per heavy atom. The number of ether oxygens (including phenoxy) is 2. The molecule has 34 heavy (non-hydrogen) atoms. The summed E-state index contributed by atoms with van der Waals surface area (Å²) in [5.41, 5.74) is 3.63. The molecule has 1 aliphatic heterocycles. The van der Waals surface area contributed by atoms with E-state index in [0.29, 0.717) is 27.6 Å². The number of amides is 1. The molecule has 0 aromatic heterocycles. The maximum absolute atomic E-state index is 13.3. The first-order chi connectivity index (χ1) is 16.3. The first kappa shape index (κ1) is 24.2. The predicted octanol–water partition coefficient (Wildman–Crippen LogP) is 4.17. The van der Waals surface area contributed by atoms with E-state index < -0.39 is 22.5 Å². The van der Waals surface area contributed by atoms with Gasteiger partial charge in [-0.05, 0) is 59.7 Å². The highest BCUT2D eigenvalue weighted by Gasteiger charge is 2.27. The Bertz CT molecular complexity index is 1330. The largest absolute Gasteiger partial charge is 0.454 e. The quantitative estimate of drug-likeness (QED) is 0.327.